The molecule has 4 heteroatoms. The van der Waals surface area contributed by atoms with Gasteiger partial charge in [-0.05, 0) is 50.1 Å². The minimum absolute atomic E-state index is 0.147. The van der Waals surface area contributed by atoms with Crippen LogP contribution in [0.5, 0.6) is 0 Å². The molecule has 3 nitrogen and oxygen atoms in total. The van der Waals surface area contributed by atoms with Gasteiger partial charge < -0.3 is 11.1 Å². The third kappa shape index (κ3) is 2.94. The highest BCUT2D eigenvalue weighted by atomic mass is 35.5. The zero-order chi connectivity index (χ0) is 14.9. The summed E-state index contributed by atoms with van der Waals surface area (Å²) >= 11 is 5.99. The summed E-state index contributed by atoms with van der Waals surface area (Å²) in [6.07, 6.45) is 0. The Morgan fingerprint density at radius 3 is 2.45 bits per heavy atom. The number of amides is 1. The van der Waals surface area contributed by atoms with E-state index in [9.17, 15) is 4.79 Å². The number of nitrogens with two attached hydrogens (primary N) is 1. The average molecular weight is 289 g/mol. The van der Waals surface area contributed by atoms with E-state index in [-0.39, 0.29) is 5.91 Å². The fourth-order valence-corrected chi connectivity index (χ4v) is 2.26. The van der Waals surface area contributed by atoms with Crippen LogP contribution >= 0.6 is 11.6 Å². The van der Waals surface area contributed by atoms with Gasteiger partial charge in [0, 0.05) is 11.3 Å². The SMILES string of the molecule is Cc1ccc(C(=O)Nc2cc(Cl)c(N)cc2C)c(C)c1. The lowest BCUT2D eigenvalue weighted by molar-refractivity contribution is 0.102. The van der Waals surface area contributed by atoms with Gasteiger partial charge in [-0.2, -0.15) is 0 Å². The summed E-state index contributed by atoms with van der Waals surface area (Å²) in [4.78, 5) is 12.3. The Morgan fingerprint density at radius 2 is 1.80 bits per heavy atom. The molecule has 0 saturated heterocycles. The third-order valence-corrected chi connectivity index (χ3v) is 3.55. The van der Waals surface area contributed by atoms with Crippen LogP contribution in [-0.2, 0) is 0 Å². The van der Waals surface area contributed by atoms with Crippen molar-refractivity contribution in [3.05, 3.63) is 57.6 Å². The van der Waals surface area contributed by atoms with Gasteiger partial charge in [-0.3, -0.25) is 4.79 Å². The second-order valence-electron chi connectivity index (χ2n) is 4.96. The van der Waals surface area contributed by atoms with E-state index in [4.69, 9.17) is 17.3 Å². The number of nitrogens with one attached hydrogen (secondary N) is 1. The Hall–Kier alpha value is -2.00. The highest BCUT2D eigenvalue weighted by molar-refractivity contribution is 6.33. The van der Waals surface area contributed by atoms with Crippen LogP contribution in [0.4, 0.5) is 11.4 Å². The monoisotopic (exact) mass is 288 g/mol. The molecule has 0 spiro atoms. The molecule has 20 heavy (non-hydrogen) atoms. The Labute approximate surface area is 123 Å². The Kier molecular flexibility index (Phi) is 4.00. The maximum absolute atomic E-state index is 12.3. The highest BCUT2D eigenvalue weighted by Crippen LogP contribution is 2.27. The first-order valence-electron chi connectivity index (χ1n) is 6.32. The number of anilines is 2. The summed E-state index contributed by atoms with van der Waals surface area (Å²) < 4.78 is 0. The van der Waals surface area contributed by atoms with Crippen LogP contribution in [-0.4, -0.2) is 5.91 Å². The molecule has 104 valence electrons. The topological polar surface area (TPSA) is 55.1 Å². The molecule has 2 aromatic carbocycles. The molecule has 0 aliphatic heterocycles. The molecule has 0 heterocycles. The number of rotatable bonds is 2. The first-order valence-corrected chi connectivity index (χ1v) is 6.70. The molecular weight excluding hydrogens is 272 g/mol. The van der Waals surface area contributed by atoms with E-state index in [0.29, 0.717) is 22.0 Å². The third-order valence-electron chi connectivity index (χ3n) is 3.22. The van der Waals surface area contributed by atoms with Crippen molar-refractivity contribution in [2.24, 2.45) is 0 Å². The van der Waals surface area contributed by atoms with Crippen LogP contribution in [0, 0.1) is 20.8 Å². The van der Waals surface area contributed by atoms with Crippen LogP contribution in [0.15, 0.2) is 30.3 Å². The van der Waals surface area contributed by atoms with Crippen molar-refractivity contribution in [2.75, 3.05) is 11.1 Å². The predicted octanol–water partition coefficient (Wildman–Crippen LogP) is 4.10. The van der Waals surface area contributed by atoms with Crippen molar-refractivity contribution < 1.29 is 4.79 Å². The van der Waals surface area contributed by atoms with Gasteiger partial charge in [0.05, 0.1) is 10.7 Å². The summed E-state index contributed by atoms with van der Waals surface area (Å²) in [5, 5.41) is 3.31. The minimum atomic E-state index is -0.147. The van der Waals surface area contributed by atoms with Crippen molar-refractivity contribution >= 4 is 28.9 Å². The van der Waals surface area contributed by atoms with E-state index in [1.807, 2.05) is 39.0 Å². The van der Waals surface area contributed by atoms with Gasteiger partial charge in [0.2, 0.25) is 0 Å². The molecule has 0 atom stereocenters. The Balaban J connectivity index is 2.30. The van der Waals surface area contributed by atoms with Gasteiger partial charge in [0.15, 0.2) is 0 Å². The molecular formula is C16H17ClN2O. The number of hydrogen-bond acceptors (Lipinski definition) is 2. The lowest BCUT2D eigenvalue weighted by Crippen LogP contribution is -2.14. The largest absolute Gasteiger partial charge is 0.398 e. The lowest BCUT2D eigenvalue weighted by Gasteiger charge is -2.12. The standard InChI is InChI=1S/C16H17ClN2O/c1-9-4-5-12(10(2)6-9)16(20)19-15-8-13(17)14(18)7-11(15)3/h4-8H,18H2,1-3H3,(H,19,20). The predicted molar refractivity (Wildman–Crippen MR) is 84.5 cm³/mol. The Morgan fingerprint density at radius 1 is 1.10 bits per heavy atom. The van der Waals surface area contributed by atoms with Gasteiger partial charge >= 0.3 is 0 Å². The summed E-state index contributed by atoms with van der Waals surface area (Å²) in [6.45, 7) is 5.80. The van der Waals surface area contributed by atoms with Gasteiger partial charge in [0.25, 0.3) is 5.91 Å². The summed E-state index contributed by atoms with van der Waals surface area (Å²) in [7, 11) is 0. The van der Waals surface area contributed by atoms with E-state index in [1.54, 1.807) is 12.1 Å². The lowest BCUT2D eigenvalue weighted by atomic mass is 10.0. The van der Waals surface area contributed by atoms with E-state index >= 15 is 0 Å². The minimum Gasteiger partial charge on any atom is -0.398 e. The smallest absolute Gasteiger partial charge is 0.255 e. The first-order chi connectivity index (χ1) is 9.38. The maximum atomic E-state index is 12.3. The number of carbonyl (C=O) groups is 1. The van der Waals surface area contributed by atoms with Crippen LogP contribution in [0.3, 0.4) is 0 Å². The van der Waals surface area contributed by atoms with Crippen LogP contribution < -0.4 is 11.1 Å². The maximum Gasteiger partial charge on any atom is 0.255 e. The van der Waals surface area contributed by atoms with Crippen molar-refractivity contribution in [1.82, 2.24) is 0 Å². The second kappa shape index (κ2) is 5.55. The molecule has 2 rings (SSSR count). The number of nitrogen functional groups attached to an aromatic ring is 1. The van der Waals surface area contributed by atoms with Crippen molar-refractivity contribution in [2.45, 2.75) is 20.8 Å². The van der Waals surface area contributed by atoms with Crippen molar-refractivity contribution in [1.29, 1.82) is 0 Å². The molecule has 0 unspecified atom stereocenters. The van der Waals surface area contributed by atoms with E-state index < -0.39 is 0 Å². The molecule has 0 aliphatic rings. The number of benzene rings is 2. The van der Waals surface area contributed by atoms with Crippen molar-refractivity contribution in [3.8, 4) is 0 Å². The zero-order valence-electron chi connectivity index (χ0n) is 11.8. The summed E-state index contributed by atoms with van der Waals surface area (Å²) in [5.74, 6) is -0.147. The molecule has 2 aromatic rings. The molecule has 0 radical (unpaired) electrons. The number of aryl methyl sites for hydroxylation is 3. The van der Waals surface area contributed by atoms with Crippen LogP contribution in [0.2, 0.25) is 5.02 Å². The van der Waals surface area contributed by atoms with Crippen LogP contribution in [0.1, 0.15) is 27.0 Å². The highest BCUT2D eigenvalue weighted by Gasteiger charge is 2.11. The van der Waals surface area contributed by atoms with Gasteiger partial charge in [-0.15, -0.1) is 0 Å². The first kappa shape index (κ1) is 14.4. The van der Waals surface area contributed by atoms with Gasteiger partial charge in [-0.1, -0.05) is 29.3 Å². The quantitative estimate of drug-likeness (QED) is 0.818. The fraction of sp³-hybridized carbons (Fsp3) is 0.188. The summed E-state index contributed by atoms with van der Waals surface area (Å²) in [6, 6.07) is 9.16. The second-order valence-corrected chi connectivity index (χ2v) is 5.37. The van der Waals surface area contributed by atoms with E-state index in [0.717, 1.165) is 16.7 Å². The molecule has 0 bridgehead atoms. The fourth-order valence-electron chi connectivity index (χ4n) is 2.10. The Bertz CT molecular complexity index is 680. The van der Waals surface area contributed by atoms with E-state index in [2.05, 4.69) is 5.32 Å². The van der Waals surface area contributed by atoms with Gasteiger partial charge in [0.1, 0.15) is 0 Å². The van der Waals surface area contributed by atoms with Gasteiger partial charge in [-0.25, -0.2) is 0 Å². The molecule has 1 amide bonds. The van der Waals surface area contributed by atoms with Crippen LogP contribution in [0.25, 0.3) is 0 Å². The average Bonchev–Trinajstić information content (AvgIpc) is 2.35. The molecule has 0 aliphatic carbocycles. The molecule has 3 N–H and O–H groups in total. The van der Waals surface area contributed by atoms with E-state index in [1.165, 1.54) is 0 Å². The number of carbonyl (C=O) groups excluding carboxylic acids is 1. The normalized spacial score (nSPS) is 10.4. The molecule has 0 fully saturated rings. The number of halogens is 1. The molecule has 0 aromatic heterocycles. The van der Waals surface area contributed by atoms with Crippen molar-refractivity contribution in [3.63, 3.8) is 0 Å². The number of hydrogen-bond donors (Lipinski definition) is 2. The summed E-state index contributed by atoms with van der Waals surface area (Å²) in [5.41, 5.74) is 10.5. The zero-order valence-corrected chi connectivity index (χ0v) is 12.5. The molecule has 0 saturated carbocycles.